The molecule has 0 heterocycles. The van der Waals surface area contributed by atoms with Crippen LogP contribution in [-0.4, -0.2) is 22.9 Å². The smallest absolute Gasteiger partial charge is 0.237 e. The second-order valence-electron chi connectivity index (χ2n) is 3.85. The van der Waals surface area contributed by atoms with Crippen molar-refractivity contribution in [2.45, 2.75) is 19.9 Å². The summed E-state index contributed by atoms with van der Waals surface area (Å²) in [6, 6.07) is 9.59. The topological polar surface area (TPSA) is 70.2 Å². The molecule has 0 saturated carbocycles. The van der Waals surface area contributed by atoms with Gasteiger partial charge in [0.15, 0.2) is 5.17 Å². The molecule has 0 aromatic heterocycles. The Labute approximate surface area is 106 Å². The van der Waals surface area contributed by atoms with Crippen LogP contribution < -0.4 is 10.6 Å². The van der Waals surface area contributed by atoms with Gasteiger partial charge in [0.25, 0.3) is 0 Å². The van der Waals surface area contributed by atoms with E-state index < -0.39 is 0 Å². The van der Waals surface area contributed by atoms with Crippen LogP contribution in [-0.2, 0) is 4.79 Å². The van der Waals surface area contributed by atoms with E-state index in [2.05, 4.69) is 0 Å². The van der Waals surface area contributed by atoms with Gasteiger partial charge in [-0.05, 0) is 26.0 Å². The number of rotatable bonds is 4. The van der Waals surface area contributed by atoms with Crippen LogP contribution in [0.25, 0.3) is 0 Å². The minimum atomic E-state index is -0.0357. The molecule has 92 valence electrons. The Morgan fingerprint density at radius 1 is 1.41 bits per heavy atom. The highest BCUT2D eigenvalue weighted by molar-refractivity contribution is 8.14. The van der Waals surface area contributed by atoms with E-state index in [1.807, 2.05) is 44.2 Å². The van der Waals surface area contributed by atoms with E-state index in [0.29, 0.717) is 0 Å². The van der Waals surface area contributed by atoms with E-state index in [4.69, 9.17) is 11.1 Å². The number of nitrogens with one attached hydrogen (secondary N) is 1. The molecule has 17 heavy (non-hydrogen) atoms. The zero-order valence-electron chi connectivity index (χ0n) is 10.0. The largest absolute Gasteiger partial charge is 0.379 e. The molecule has 0 aliphatic heterocycles. The van der Waals surface area contributed by atoms with Crippen molar-refractivity contribution in [1.82, 2.24) is 0 Å². The molecule has 0 atom stereocenters. The van der Waals surface area contributed by atoms with Crippen molar-refractivity contribution in [2.75, 3.05) is 10.7 Å². The molecule has 4 nitrogen and oxygen atoms in total. The van der Waals surface area contributed by atoms with Crippen LogP contribution in [0, 0.1) is 5.41 Å². The van der Waals surface area contributed by atoms with E-state index in [-0.39, 0.29) is 22.9 Å². The number of carbonyl (C=O) groups excluding carboxylic acids is 1. The number of amidine groups is 1. The number of para-hydroxylation sites is 1. The van der Waals surface area contributed by atoms with Crippen LogP contribution in [0.1, 0.15) is 13.8 Å². The minimum Gasteiger partial charge on any atom is -0.379 e. The fourth-order valence-corrected chi connectivity index (χ4v) is 1.95. The van der Waals surface area contributed by atoms with Crippen LogP contribution in [0.3, 0.4) is 0 Å². The fourth-order valence-electron chi connectivity index (χ4n) is 1.53. The second kappa shape index (κ2) is 6.30. The first-order valence-corrected chi connectivity index (χ1v) is 6.35. The van der Waals surface area contributed by atoms with Crippen molar-refractivity contribution in [3.05, 3.63) is 30.3 Å². The first-order chi connectivity index (χ1) is 8.02. The number of anilines is 1. The molecule has 1 aromatic rings. The Morgan fingerprint density at radius 2 is 2.00 bits per heavy atom. The van der Waals surface area contributed by atoms with Gasteiger partial charge in [0.2, 0.25) is 5.91 Å². The average molecular weight is 251 g/mol. The summed E-state index contributed by atoms with van der Waals surface area (Å²) < 4.78 is 0. The van der Waals surface area contributed by atoms with Gasteiger partial charge in [0.1, 0.15) is 0 Å². The van der Waals surface area contributed by atoms with E-state index >= 15 is 0 Å². The highest BCUT2D eigenvalue weighted by atomic mass is 32.2. The molecule has 1 amide bonds. The number of thioether (sulfide) groups is 1. The maximum Gasteiger partial charge on any atom is 0.237 e. The predicted molar refractivity (Wildman–Crippen MR) is 73.4 cm³/mol. The van der Waals surface area contributed by atoms with Gasteiger partial charge in [0.05, 0.1) is 5.75 Å². The van der Waals surface area contributed by atoms with Gasteiger partial charge >= 0.3 is 0 Å². The summed E-state index contributed by atoms with van der Waals surface area (Å²) in [4.78, 5) is 13.8. The van der Waals surface area contributed by atoms with Crippen molar-refractivity contribution >= 4 is 28.5 Å². The van der Waals surface area contributed by atoms with Crippen LogP contribution in [0.5, 0.6) is 0 Å². The van der Waals surface area contributed by atoms with Crippen molar-refractivity contribution < 1.29 is 4.79 Å². The maximum absolute atomic E-state index is 12.0. The summed E-state index contributed by atoms with van der Waals surface area (Å²) in [7, 11) is 0. The SMILES string of the molecule is CC(C)N(C(=O)CSC(=N)N)c1ccccc1. The molecule has 0 spiro atoms. The predicted octanol–water partition coefficient (Wildman–Crippen LogP) is 2.05. The molecule has 0 aliphatic carbocycles. The van der Waals surface area contributed by atoms with E-state index in [1.165, 1.54) is 0 Å². The number of hydrogen-bond acceptors (Lipinski definition) is 3. The fraction of sp³-hybridized carbons (Fsp3) is 0.333. The van der Waals surface area contributed by atoms with Gasteiger partial charge in [-0.25, -0.2) is 0 Å². The van der Waals surface area contributed by atoms with Gasteiger partial charge in [-0.15, -0.1) is 0 Å². The van der Waals surface area contributed by atoms with Crippen LogP contribution in [0.15, 0.2) is 30.3 Å². The lowest BCUT2D eigenvalue weighted by Gasteiger charge is -2.26. The van der Waals surface area contributed by atoms with E-state index in [1.54, 1.807) is 4.90 Å². The van der Waals surface area contributed by atoms with Gasteiger partial charge in [-0.1, -0.05) is 30.0 Å². The summed E-state index contributed by atoms with van der Waals surface area (Å²) in [6.45, 7) is 3.92. The van der Waals surface area contributed by atoms with Crippen LogP contribution in [0.4, 0.5) is 5.69 Å². The third-order valence-electron chi connectivity index (χ3n) is 2.17. The minimum absolute atomic E-state index is 0.0323. The molecular formula is C12H17N3OS. The average Bonchev–Trinajstić information content (AvgIpc) is 2.27. The summed E-state index contributed by atoms with van der Waals surface area (Å²) in [5, 5.41) is 7.08. The number of amides is 1. The number of nitrogens with zero attached hydrogens (tertiary/aromatic N) is 1. The molecule has 5 heteroatoms. The third kappa shape index (κ3) is 4.11. The molecule has 0 saturated heterocycles. The molecule has 3 N–H and O–H groups in total. The van der Waals surface area contributed by atoms with Crippen LogP contribution >= 0.6 is 11.8 Å². The molecule has 0 unspecified atom stereocenters. The maximum atomic E-state index is 12.0. The second-order valence-corrected chi connectivity index (χ2v) is 4.86. The zero-order valence-corrected chi connectivity index (χ0v) is 10.8. The first kappa shape index (κ1) is 13.6. The number of nitrogens with two attached hydrogens (primary N) is 1. The molecule has 1 rings (SSSR count). The number of hydrogen-bond donors (Lipinski definition) is 2. The quantitative estimate of drug-likeness (QED) is 0.635. The van der Waals surface area contributed by atoms with Gasteiger partial charge < -0.3 is 10.6 Å². The number of carbonyl (C=O) groups is 1. The lowest BCUT2D eigenvalue weighted by Crippen LogP contribution is -2.38. The molecule has 0 bridgehead atoms. The Bertz CT molecular complexity index is 392. The van der Waals surface area contributed by atoms with Crippen LogP contribution in [0.2, 0.25) is 0 Å². The Morgan fingerprint density at radius 3 is 2.47 bits per heavy atom. The van der Waals surface area contributed by atoms with Crippen molar-refractivity contribution in [3.8, 4) is 0 Å². The Kier molecular flexibility index (Phi) is 5.03. The van der Waals surface area contributed by atoms with Gasteiger partial charge in [-0.3, -0.25) is 10.2 Å². The standard InChI is InChI=1S/C12H17N3OS/c1-9(2)15(10-6-4-3-5-7-10)11(16)8-17-12(13)14/h3-7,9H,8H2,1-2H3,(H3,13,14). The molecule has 0 aliphatic rings. The summed E-state index contributed by atoms with van der Waals surface area (Å²) >= 11 is 1.05. The molecule has 1 aromatic carbocycles. The van der Waals surface area contributed by atoms with Crippen molar-refractivity contribution in [2.24, 2.45) is 5.73 Å². The van der Waals surface area contributed by atoms with Crippen molar-refractivity contribution in [1.29, 1.82) is 5.41 Å². The van der Waals surface area contributed by atoms with E-state index in [0.717, 1.165) is 17.4 Å². The normalized spacial score (nSPS) is 10.3. The Hall–Kier alpha value is -1.49. The highest BCUT2D eigenvalue weighted by Gasteiger charge is 2.18. The summed E-state index contributed by atoms with van der Waals surface area (Å²) in [6.07, 6.45) is 0. The molecular weight excluding hydrogens is 234 g/mol. The van der Waals surface area contributed by atoms with Gasteiger partial charge in [0, 0.05) is 11.7 Å². The van der Waals surface area contributed by atoms with Gasteiger partial charge in [-0.2, -0.15) is 0 Å². The zero-order chi connectivity index (χ0) is 12.8. The molecule has 0 fully saturated rings. The lowest BCUT2D eigenvalue weighted by atomic mass is 10.2. The lowest BCUT2D eigenvalue weighted by molar-refractivity contribution is -0.116. The first-order valence-electron chi connectivity index (χ1n) is 5.36. The summed E-state index contributed by atoms with van der Waals surface area (Å²) in [5.41, 5.74) is 6.10. The summed E-state index contributed by atoms with van der Waals surface area (Å²) in [5.74, 6) is 0.161. The Balaban J connectivity index is 2.80. The third-order valence-corrected chi connectivity index (χ3v) is 2.87. The number of benzene rings is 1. The van der Waals surface area contributed by atoms with E-state index in [9.17, 15) is 4.79 Å². The van der Waals surface area contributed by atoms with Crippen molar-refractivity contribution in [3.63, 3.8) is 0 Å². The molecule has 0 radical (unpaired) electrons. The highest BCUT2D eigenvalue weighted by Crippen LogP contribution is 2.18. The monoisotopic (exact) mass is 251 g/mol.